The number of methoxy groups -OCH3 is 1. The van der Waals surface area contributed by atoms with Crippen molar-refractivity contribution in [3.63, 3.8) is 0 Å². The number of piperidine rings is 1. The smallest absolute Gasteiger partial charge is 0.251 e. The van der Waals surface area contributed by atoms with E-state index in [0.717, 1.165) is 12.8 Å². The third-order valence-corrected chi connectivity index (χ3v) is 5.51. The van der Waals surface area contributed by atoms with Crippen molar-refractivity contribution in [1.82, 2.24) is 15.5 Å². The summed E-state index contributed by atoms with van der Waals surface area (Å²) in [6, 6.07) is 6.47. The van der Waals surface area contributed by atoms with Crippen LogP contribution in [0.4, 0.5) is 0 Å². The van der Waals surface area contributed by atoms with Crippen LogP contribution in [0.25, 0.3) is 0 Å². The van der Waals surface area contributed by atoms with Crippen molar-refractivity contribution in [2.45, 2.75) is 51.1 Å². The monoisotopic (exact) mass is 387 g/mol. The summed E-state index contributed by atoms with van der Waals surface area (Å²) in [7, 11) is 1.57. The Bertz CT molecular complexity index is 707. The maximum Gasteiger partial charge on any atom is 0.251 e. The van der Waals surface area contributed by atoms with E-state index >= 15 is 0 Å². The molecule has 3 rings (SSSR count). The van der Waals surface area contributed by atoms with Crippen LogP contribution in [0.1, 0.15) is 49.4 Å². The lowest BCUT2D eigenvalue weighted by Crippen LogP contribution is -2.54. The van der Waals surface area contributed by atoms with Crippen molar-refractivity contribution in [1.29, 1.82) is 0 Å². The number of hydrogen-bond acceptors (Lipinski definition) is 4. The van der Waals surface area contributed by atoms with Crippen LogP contribution >= 0.6 is 0 Å². The van der Waals surface area contributed by atoms with Crippen LogP contribution in [-0.4, -0.2) is 54.9 Å². The van der Waals surface area contributed by atoms with Crippen LogP contribution in [-0.2, 0) is 9.59 Å². The molecule has 1 heterocycles. The van der Waals surface area contributed by atoms with Gasteiger partial charge in [0.15, 0.2) is 0 Å². The quantitative estimate of drug-likeness (QED) is 0.746. The molecule has 1 unspecified atom stereocenters. The van der Waals surface area contributed by atoms with E-state index in [1.807, 2.05) is 11.8 Å². The topological polar surface area (TPSA) is 87.7 Å². The van der Waals surface area contributed by atoms with Crippen LogP contribution in [0.15, 0.2) is 24.3 Å². The Morgan fingerprint density at radius 2 is 1.75 bits per heavy atom. The van der Waals surface area contributed by atoms with Crippen LogP contribution in [0.5, 0.6) is 5.75 Å². The summed E-state index contributed by atoms with van der Waals surface area (Å²) < 4.78 is 5.12. The van der Waals surface area contributed by atoms with Crippen LogP contribution in [0.2, 0.25) is 0 Å². The van der Waals surface area contributed by atoms with Crippen LogP contribution in [0, 0.1) is 5.92 Å². The van der Waals surface area contributed by atoms with Gasteiger partial charge in [-0.3, -0.25) is 14.4 Å². The largest absolute Gasteiger partial charge is 0.497 e. The maximum atomic E-state index is 12.8. The summed E-state index contributed by atoms with van der Waals surface area (Å²) in [6.07, 6.45) is 3.89. The van der Waals surface area contributed by atoms with Gasteiger partial charge in [0.2, 0.25) is 11.8 Å². The molecule has 1 aromatic rings. The number of hydrogen-bond donors (Lipinski definition) is 2. The molecule has 152 valence electrons. The van der Waals surface area contributed by atoms with Crippen molar-refractivity contribution in [3.05, 3.63) is 29.8 Å². The fourth-order valence-corrected chi connectivity index (χ4v) is 3.59. The second-order valence-electron chi connectivity index (χ2n) is 7.53. The molecule has 1 aliphatic carbocycles. The summed E-state index contributed by atoms with van der Waals surface area (Å²) >= 11 is 0. The van der Waals surface area contributed by atoms with Crippen molar-refractivity contribution in [2.75, 3.05) is 20.2 Å². The predicted molar refractivity (Wildman–Crippen MR) is 105 cm³/mol. The Kier molecular flexibility index (Phi) is 6.54. The standard InChI is InChI=1S/C21H29N3O4/c1-3-18(25)24-12-10-14(11-13-24)19(21(27)22-16-6-7-16)23-20(26)15-4-8-17(28-2)9-5-15/h4-5,8-9,14,16,19H,3,6-7,10-13H2,1-2H3,(H,22,27)(H,23,26). The minimum absolute atomic E-state index is 0.0156. The van der Waals surface area contributed by atoms with Gasteiger partial charge >= 0.3 is 0 Å². The Morgan fingerprint density at radius 1 is 1.11 bits per heavy atom. The Labute approximate surface area is 165 Å². The van der Waals surface area contributed by atoms with Crippen molar-refractivity contribution < 1.29 is 19.1 Å². The first kappa shape index (κ1) is 20.2. The molecule has 1 saturated carbocycles. The van der Waals surface area contributed by atoms with E-state index in [1.165, 1.54) is 0 Å². The Hall–Kier alpha value is -2.57. The number of carbonyl (C=O) groups is 3. The fourth-order valence-electron chi connectivity index (χ4n) is 3.59. The summed E-state index contributed by atoms with van der Waals surface area (Å²) in [5.41, 5.74) is 0.489. The normalized spacial score (nSPS) is 18.3. The van der Waals surface area contributed by atoms with Crippen molar-refractivity contribution in [2.24, 2.45) is 5.92 Å². The molecular weight excluding hydrogens is 358 g/mol. The molecule has 1 aliphatic heterocycles. The average molecular weight is 387 g/mol. The second-order valence-corrected chi connectivity index (χ2v) is 7.53. The lowest BCUT2D eigenvalue weighted by atomic mass is 9.88. The van der Waals surface area contributed by atoms with Gasteiger partial charge in [-0.05, 0) is 55.9 Å². The summed E-state index contributed by atoms with van der Waals surface area (Å²) in [5.74, 6) is 0.435. The zero-order valence-corrected chi connectivity index (χ0v) is 16.6. The fraction of sp³-hybridized carbons (Fsp3) is 0.571. The lowest BCUT2D eigenvalue weighted by Gasteiger charge is -2.35. The summed E-state index contributed by atoms with van der Waals surface area (Å²) in [6.45, 7) is 3.11. The van der Waals surface area contributed by atoms with Gasteiger partial charge in [0.1, 0.15) is 11.8 Å². The number of ether oxygens (including phenoxy) is 1. The number of likely N-dealkylation sites (tertiary alicyclic amines) is 1. The molecule has 7 heteroatoms. The number of carbonyl (C=O) groups excluding carboxylic acids is 3. The molecule has 2 aliphatic rings. The first-order valence-corrected chi connectivity index (χ1v) is 10.0. The number of amides is 3. The van der Waals surface area contributed by atoms with E-state index in [1.54, 1.807) is 31.4 Å². The highest BCUT2D eigenvalue weighted by atomic mass is 16.5. The highest BCUT2D eigenvalue weighted by Crippen LogP contribution is 2.24. The molecule has 1 aromatic carbocycles. The van der Waals surface area contributed by atoms with Crippen LogP contribution < -0.4 is 15.4 Å². The van der Waals surface area contributed by atoms with Gasteiger partial charge in [-0.25, -0.2) is 0 Å². The first-order chi connectivity index (χ1) is 13.5. The molecule has 7 nitrogen and oxygen atoms in total. The van der Waals surface area contributed by atoms with Gasteiger partial charge in [-0.2, -0.15) is 0 Å². The third-order valence-electron chi connectivity index (χ3n) is 5.51. The van der Waals surface area contributed by atoms with Gasteiger partial charge in [0.05, 0.1) is 7.11 Å². The minimum Gasteiger partial charge on any atom is -0.497 e. The number of nitrogens with zero attached hydrogens (tertiary/aromatic N) is 1. The number of rotatable bonds is 7. The molecule has 28 heavy (non-hydrogen) atoms. The molecule has 3 amide bonds. The van der Waals surface area contributed by atoms with E-state index in [9.17, 15) is 14.4 Å². The Balaban J connectivity index is 1.67. The number of benzene rings is 1. The molecule has 2 N–H and O–H groups in total. The van der Waals surface area contributed by atoms with E-state index in [2.05, 4.69) is 10.6 Å². The molecular formula is C21H29N3O4. The predicted octanol–water partition coefficient (Wildman–Crippen LogP) is 1.72. The molecule has 0 bridgehead atoms. The molecule has 1 saturated heterocycles. The molecule has 0 radical (unpaired) electrons. The minimum atomic E-state index is -0.589. The zero-order chi connectivity index (χ0) is 20.1. The van der Waals surface area contributed by atoms with E-state index in [4.69, 9.17) is 4.74 Å². The molecule has 1 atom stereocenters. The van der Waals surface area contributed by atoms with Crippen molar-refractivity contribution >= 4 is 17.7 Å². The SMILES string of the molecule is CCC(=O)N1CCC(C(NC(=O)c2ccc(OC)cc2)C(=O)NC2CC2)CC1. The molecule has 0 spiro atoms. The van der Waals surface area contributed by atoms with Gasteiger partial charge in [-0.1, -0.05) is 6.92 Å². The average Bonchev–Trinajstić information content (AvgIpc) is 3.55. The van der Waals surface area contributed by atoms with Gasteiger partial charge < -0.3 is 20.3 Å². The second kappa shape index (κ2) is 9.08. The first-order valence-electron chi connectivity index (χ1n) is 10.0. The highest BCUT2D eigenvalue weighted by molar-refractivity contribution is 5.97. The summed E-state index contributed by atoms with van der Waals surface area (Å²) in [5, 5.41) is 5.95. The van der Waals surface area contributed by atoms with Crippen molar-refractivity contribution in [3.8, 4) is 5.75 Å². The van der Waals surface area contributed by atoms with Gasteiger partial charge in [0.25, 0.3) is 5.91 Å². The number of nitrogens with one attached hydrogen (secondary N) is 2. The van der Waals surface area contributed by atoms with Crippen LogP contribution in [0.3, 0.4) is 0 Å². The molecule has 2 fully saturated rings. The highest BCUT2D eigenvalue weighted by Gasteiger charge is 2.36. The van der Waals surface area contributed by atoms with Gasteiger partial charge in [0, 0.05) is 31.1 Å². The van der Waals surface area contributed by atoms with E-state index in [0.29, 0.717) is 43.7 Å². The Morgan fingerprint density at radius 3 is 2.29 bits per heavy atom. The lowest BCUT2D eigenvalue weighted by molar-refractivity contribution is -0.132. The van der Waals surface area contributed by atoms with E-state index < -0.39 is 6.04 Å². The van der Waals surface area contributed by atoms with Gasteiger partial charge in [-0.15, -0.1) is 0 Å². The molecule has 0 aromatic heterocycles. The third kappa shape index (κ3) is 5.03. The van der Waals surface area contributed by atoms with E-state index in [-0.39, 0.29) is 29.7 Å². The summed E-state index contributed by atoms with van der Waals surface area (Å²) in [4.78, 5) is 39.3. The zero-order valence-electron chi connectivity index (χ0n) is 16.6. The maximum absolute atomic E-state index is 12.8.